The van der Waals surface area contributed by atoms with Crippen molar-refractivity contribution in [3.63, 3.8) is 0 Å². The molecular weight excluding hydrogens is 288 g/mol. The molecule has 21 heavy (non-hydrogen) atoms. The Bertz CT molecular complexity index is 914. The van der Waals surface area contributed by atoms with Crippen molar-refractivity contribution in [1.82, 2.24) is 14.8 Å². The summed E-state index contributed by atoms with van der Waals surface area (Å²) in [6.45, 7) is 0.795. The van der Waals surface area contributed by atoms with Crippen molar-refractivity contribution in [2.75, 3.05) is 10.8 Å². The zero-order chi connectivity index (χ0) is 14.4. The Morgan fingerprint density at radius 2 is 1.86 bits per heavy atom. The van der Waals surface area contributed by atoms with Crippen molar-refractivity contribution in [3.8, 4) is 0 Å². The molecule has 6 nitrogen and oxygen atoms in total. The van der Waals surface area contributed by atoms with Gasteiger partial charge in [-0.25, -0.2) is 13.4 Å². The molecule has 106 valence electrons. The number of hydrogen-bond donors (Lipinski definition) is 0. The number of benzene rings is 2. The van der Waals surface area contributed by atoms with Crippen molar-refractivity contribution < 1.29 is 8.42 Å². The summed E-state index contributed by atoms with van der Waals surface area (Å²) in [6.07, 6.45) is 3.02. The quantitative estimate of drug-likeness (QED) is 0.737. The maximum Gasteiger partial charge on any atom is 0.265 e. The third-order valence-electron chi connectivity index (χ3n) is 3.68. The fourth-order valence-corrected chi connectivity index (χ4v) is 4.44. The first kappa shape index (κ1) is 12.3. The Hall–Kier alpha value is -2.41. The molecule has 1 aromatic heterocycles. The van der Waals surface area contributed by atoms with Crippen molar-refractivity contribution in [3.05, 3.63) is 49.1 Å². The molecule has 2 aromatic carbocycles. The first-order valence-electron chi connectivity index (χ1n) is 6.55. The molecule has 0 radical (unpaired) electrons. The number of aromatic nitrogens is 3. The average Bonchev–Trinajstić information content (AvgIpc) is 3.06. The molecule has 0 aliphatic carbocycles. The minimum absolute atomic E-state index is 0.333. The molecule has 7 heteroatoms. The van der Waals surface area contributed by atoms with Crippen LogP contribution in [-0.2, 0) is 16.6 Å². The van der Waals surface area contributed by atoms with Gasteiger partial charge in [-0.2, -0.15) is 5.10 Å². The maximum absolute atomic E-state index is 12.7. The monoisotopic (exact) mass is 300 g/mol. The van der Waals surface area contributed by atoms with Gasteiger partial charge in [0.15, 0.2) is 0 Å². The van der Waals surface area contributed by atoms with Gasteiger partial charge in [0.25, 0.3) is 10.0 Å². The van der Waals surface area contributed by atoms with Gasteiger partial charge in [-0.3, -0.25) is 8.99 Å². The van der Waals surface area contributed by atoms with Gasteiger partial charge >= 0.3 is 0 Å². The first-order chi connectivity index (χ1) is 10.2. The van der Waals surface area contributed by atoms with E-state index in [-0.39, 0.29) is 0 Å². The van der Waals surface area contributed by atoms with Gasteiger partial charge in [-0.05, 0) is 17.5 Å². The van der Waals surface area contributed by atoms with Gasteiger partial charge in [0, 0.05) is 5.39 Å². The summed E-state index contributed by atoms with van der Waals surface area (Å²) in [5.41, 5.74) is 0.739. The minimum atomic E-state index is -3.48. The Morgan fingerprint density at radius 1 is 1.05 bits per heavy atom. The van der Waals surface area contributed by atoms with Gasteiger partial charge in [0.2, 0.25) is 0 Å². The molecule has 0 atom stereocenters. The third kappa shape index (κ3) is 1.74. The van der Waals surface area contributed by atoms with Crippen molar-refractivity contribution >= 4 is 26.5 Å². The van der Waals surface area contributed by atoms with E-state index < -0.39 is 10.0 Å². The van der Waals surface area contributed by atoms with E-state index in [9.17, 15) is 8.42 Å². The van der Waals surface area contributed by atoms with E-state index >= 15 is 0 Å². The molecule has 0 saturated heterocycles. The molecule has 1 aliphatic heterocycles. The van der Waals surface area contributed by atoms with E-state index in [1.807, 2.05) is 24.3 Å². The highest BCUT2D eigenvalue weighted by Crippen LogP contribution is 2.41. The summed E-state index contributed by atoms with van der Waals surface area (Å²) in [5.74, 6) is 0. The highest BCUT2D eigenvalue weighted by Gasteiger charge is 2.35. The van der Waals surface area contributed by atoms with Crippen LogP contribution in [0.4, 0.5) is 5.69 Å². The van der Waals surface area contributed by atoms with Crippen LogP contribution >= 0.6 is 0 Å². The van der Waals surface area contributed by atoms with Crippen LogP contribution in [0.5, 0.6) is 0 Å². The second-order valence-corrected chi connectivity index (χ2v) is 6.70. The summed E-state index contributed by atoms with van der Waals surface area (Å²) in [4.78, 5) is 4.25. The topological polar surface area (TPSA) is 68.1 Å². The molecule has 3 aromatic rings. The van der Waals surface area contributed by atoms with Crippen molar-refractivity contribution in [2.45, 2.75) is 11.4 Å². The number of anilines is 1. The van der Waals surface area contributed by atoms with Crippen LogP contribution in [0.15, 0.2) is 53.9 Å². The molecule has 1 aliphatic rings. The Kier molecular flexibility index (Phi) is 2.52. The van der Waals surface area contributed by atoms with Crippen molar-refractivity contribution in [1.29, 1.82) is 0 Å². The molecule has 0 fully saturated rings. The Balaban J connectivity index is 1.81. The highest BCUT2D eigenvalue weighted by atomic mass is 32.2. The van der Waals surface area contributed by atoms with E-state index in [2.05, 4.69) is 10.1 Å². The minimum Gasteiger partial charge on any atom is -0.264 e. The summed E-state index contributed by atoms with van der Waals surface area (Å²) >= 11 is 0. The van der Waals surface area contributed by atoms with Crippen LogP contribution in [-0.4, -0.2) is 29.7 Å². The standard InChI is InChI=1S/C14H12N4O2S/c19-21(20)13-6-2-4-11-3-1-5-12(14(11)13)18(21)8-7-17-10-15-9-16-17/h1-6,9-10H,7-8H2. The van der Waals surface area contributed by atoms with Crippen LogP contribution in [0.1, 0.15) is 0 Å². The molecule has 0 bridgehead atoms. The highest BCUT2D eigenvalue weighted by molar-refractivity contribution is 7.93. The predicted molar refractivity (Wildman–Crippen MR) is 78.5 cm³/mol. The normalized spacial score (nSPS) is 15.7. The predicted octanol–water partition coefficient (Wildman–Crippen LogP) is 1.64. The average molecular weight is 300 g/mol. The fraction of sp³-hybridized carbons (Fsp3) is 0.143. The zero-order valence-electron chi connectivity index (χ0n) is 11.0. The summed E-state index contributed by atoms with van der Waals surface area (Å²) in [5, 5.41) is 5.75. The number of sulfonamides is 1. The van der Waals surface area contributed by atoms with Gasteiger partial charge < -0.3 is 0 Å². The zero-order valence-corrected chi connectivity index (χ0v) is 11.9. The SMILES string of the molecule is O=S1(=O)c2cccc3cccc(c23)N1CCn1cncn1. The van der Waals surface area contributed by atoms with Crippen molar-refractivity contribution in [2.24, 2.45) is 0 Å². The Morgan fingerprint density at radius 3 is 2.62 bits per heavy atom. The van der Waals surface area contributed by atoms with E-state index in [1.54, 1.807) is 23.1 Å². The lowest BCUT2D eigenvalue weighted by molar-refractivity contribution is 0.580. The van der Waals surface area contributed by atoms with Crippen LogP contribution in [0.3, 0.4) is 0 Å². The lowest BCUT2D eigenvalue weighted by Crippen LogP contribution is -2.30. The maximum atomic E-state index is 12.7. The molecule has 0 saturated carbocycles. The van der Waals surface area contributed by atoms with Crippen LogP contribution in [0.2, 0.25) is 0 Å². The lowest BCUT2D eigenvalue weighted by Gasteiger charge is -2.18. The van der Waals surface area contributed by atoms with E-state index in [4.69, 9.17) is 0 Å². The smallest absolute Gasteiger partial charge is 0.264 e. The molecule has 0 spiro atoms. The molecule has 2 heterocycles. The second kappa shape index (κ2) is 4.29. The largest absolute Gasteiger partial charge is 0.265 e. The van der Waals surface area contributed by atoms with Gasteiger partial charge in [-0.1, -0.05) is 24.3 Å². The van der Waals surface area contributed by atoms with Gasteiger partial charge in [0.1, 0.15) is 12.7 Å². The first-order valence-corrected chi connectivity index (χ1v) is 7.99. The van der Waals surface area contributed by atoms with Crippen LogP contribution in [0.25, 0.3) is 10.8 Å². The number of hydrogen-bond acceptors (Lipinski definition) is 4. The second-order valence-electron chi connectivity index (χ2n) is 4.87. The fourth-order valence-electron chi connectivity index (χ4n) is 2.74. The van der Waals surface area contributed by atoms with E-state index in [0.29, 0.717) is 18.0 Å². The summed E-state index contributed by atoms with van der Waals surface area (Å²) in [7, 11) is -3.48. The Labute approximate surface area is 121 Å². The third-order valence-corrected chi connectivity index (χ3v) is 5.54. The van der Waals surface area contributed by atoms with E-state index in [1.165, 1.54) is 10.6 Å². The molecule has 0 amide bonds. The molecular formula is C14H12N4O2S. The van der Waals surface area contributed by atoms with E-state index in [0.717, 1.165) is 16.5 Å². The van der Waals surface area contributed by atoms with Gasteiger partial charge in [-0.15, -0.1) is 0 Å². The molecule has 0 unspecified atom stereocenters. The lowest BCUT2D eigenvalue weighted by atomic mass is 10.1. The molecule has 0 N–H and O–H groups in total. The summed E-state index contributed by atoms with van der Waals surface area (Å²) in [6, 6.07) is 11.0. The molecule has 4 rings (SSSR count). The number of rotatable bonds is 3. The summed E-state index contributed by atoms with van der Waals surface area (Å²) < 4.78 is 28.5. The van der Waals surface area contributed by atoms with Gasteiger partial charge in [0.05, 0.1) is 23.7 Å². The number of nitrogens with zero attached hydrogens (tertiary/aromatic N) is 4. The van der Waals surface area contributed by atoms with Crippen LogP contribution in [0, 0.1) is 0 Å². The van der Waals surface area contributed by atoms with Crippen LogP contribution < -0.4 is 4.31 Å².